The number of nitrogens with zero attached hydrogens (tertiary/aromatic N) is 2. The molecule has 2 rings (SSSR count). The summed E-state index contributed by atoms with van der Waals surface area (Å²) in [4.78, 5) is 13.4. The van der Waals surface area contributed by atoms with E-state index in [-0.39, 0.29) is 12.3 Å². The van der Waals surface area contributed by atoms with Crippen molar-refractivity contribution in [2.24, 2.45) is 5.73 Å². The summed E-state index contributed by atoms with van der Waals surface area (Å²) in [5.74, 6) is -0.00509. The second-order valence-corrected chi connectivity index (χ2v) is 3.91. The standard InChI is InChI=1S/C12H15N3O2/c1-15(7-6-13)12(16)8-10-9-4-2-3-5-11(9)17-14-10/h2-5H,6-8,13H2,1H3. The molecule has 0 aliphatic carbocycles. The summed E-state index contributed by atoms with van der Waals surface area (Å²) >= 11 is 0. The monoisotopic (exact) mass is 233 g/mol. The maximum Gasteiger partial charge on any atom is 0.228 e. The Bertz CT molecular complexity index is 521. The lowest BCUT2D eigenvalue weighted by atomic mass is 10.1. The van der Waals surface area contributed by atoms with E-state index >= 15 is 0 Å². The molecule has 1 aromatic carbocycles. The number of benzene rings is 1. The quantitative estimate of drug-likeness (QED) is 0.847. The van der Waals surface area contributed by atoms with Gasteiger partial charge in [-0.1, -0.05) is 17.3 Å². The summed E-state index contributed by atoms with van der Waals surface area (Å²) in [5.41, 5.74) is 6.78. The van der Waals surface area contributed by atoms with Crippen molar-refractivity contribution in [3.05, 3.63) is 30.0 Å². The topological polar surface area (TPSA) is 72.4 Å². The van der Waals surface area contributed by atoms with Crippen LogP contribution in [0.15, 0.2) is 28.8 Å². The summed E-state index contributed by atoms with van der Waals surface area (Å²) < 4.78 is 5.14. The minimum Gasteiger partial charge on any atom is -0.356 e. The second-order valence-electron chi connectivity index (χ2n) is 3.91. The molecule has 17 heavy (non-hydrogen) atoms. The van der Waals surface area contributed by atoms with Gasteiger partial charge in [-0.25, -0.2) is 0 Å². The van der Waals surface area contributed by atoms with Crippen LogP contribution in [0, 0.1) is 0 Å². The summed E-state index contributed by atoms with van der Waals surface area (Å²) in [7, 11) is 1.73. The van der Waals surface area contributed by atoms with E-state index in [1.165, 1.54) is 0 Å². The molecule has 2 N–H and O–H groups in total. The van der Waals surface area contributed by atoms with E-state index in [1.807, 2.05) is 24.3 Å². The minimum absolute atomic E-state index is 0.00509. The zero-order valence-corrected chi connectivity index (χ0v) is 9.72. The van der Waals surface area contributed by atoms with Gasteiger partial charge in [-0.05, 0) is 12.1 Å². The van der Waals surface area contributed by atoms with Gasteiger partial charge in [0, 0.05) is 25.5 Å². The number of para-hydroxylation sites is 1. The Morgan fingerprint density at radius 1 is 1.47 bits per heavy atom. The number of nitrogens with two attached hydrogens (primary N) is 1. The highest BCUT2D eigenvalue weighted by atomic mass is 16.5. The summed E-state index contributed by atoms with van der Waals surface area (Å²) in [6, 6.07) is 7.51. The fourth-order valence-corrected chi connectivity index (χ4v) is 1.66. The normalized spacial score (nSPS) is 10.7. The molecule has 0 aliphatic rings. The lowest BCUT2D eigenvalue weighted by molar-refractivity contribution is -0.129. The first-order chi connectivity index (χ1) is 8.22. The molecular formula is C12H15N3O2. The smallest absolute Gasteiger partial charge is 0.228 e. The van der Waals surface area contributed by atoms with Crippen LogP contribution >= 0.6 is 0 Å². The molecule has 0 saturated heterocycles. The molecule has 0 spiro atoms. The Morgan fingerprint density at radius 2 is 2.24 bits per heavy atom. The fourth-order valence-electron chi connectivity index (χ4n) is 1.66. The molecule has 1 aromatic heterocycles. The second kappa shape index (κ2) is 4.97. The van der Waals surface area contributed by atoms with Gasteiger partial charge in [0.25, 0.3) is 0 Å². The number of fused-ring (bicyclic) bond motifs is 1. The SMILES string of the molecule is CN(CCN)C(=O)Cc1noc2ccccc12. The molecule has 5 nitrogen and oxygen atoms in total. The van der Waals surface area contributed by atoms with Crippen molar-refractivity contribution in [1.82, 2.24) is 10.1 Å². The average molecular weight is 233 g/mol. The van der Waals surface area contributed by atoms with E-state index in [0.717, 1.165) is 5.39 Å². The van der Waals surface area contributed by atoms with E-state index in [2.05, 4.69) is 5.16 Å². The predicted molar refractivity (Wildman–Crippen MR) is 64.4 cm³/mol. The zero-order chi connectivity index (χ0) is 12.3. The van der Waals surface area contributed by atoms with E-state index in [0.29, 0.717) is 24.4 Å². The van der Waals surface area contributed by atoms with Crippen molar-refractivity contribution < 1.29 is 9.32 Å². The maximum absolute atomic E-state index is 11.8. The summed E-state index contributed by atoms with van der Waals surface area (Å²) in [6.45, 7) is 1.01. The van der Waals surface area contributed by atoms with Crippen LogP contribution in [0.1, 0.15) is 5.69 Å². The number of carbonyl (C=O) groups excluding carboxylic acids is 1. The molecular weight excluding hydrogens is 218 g/mol. The van der Waals surface area contributed by atoms with Crippen LogP contribution in [0.2, 0.25) is 0 Å². The molecule has 90 valence electrons. The number of likely N-dealkylation sites (N-methyl/N-ethyl adjacent to an activating group) is 1. The molecule has 0 bridgehead atoms. The Kier molecular flexibility index (Phi) is 3.39. The largest absolute Gasteiger partial charge is 0.356 e. The molecule has 0 radical (unpaired) electrons. The average Bonchev–Trinajstić information content (AvgIpc) is 2.73. The van der Waals surface area contributed by atoms with Crippen LogP contribution in [-0.2, 0) is 11.2 Å². The first kappa shape index (κ1) is 11.6. The highest BCUT2D eigenvalue weighted by Crippen LogP contribution is 2.18. The number of aromatic nitrogens is 1. The third-order valence-electron chi connectivity index (χ3n) is 2.66. The zero-order valence-electron chi connectivity index (χ0n) is 9.72. The number of rotatable bonds is 4. The predicted octanol–water partition coefficient (Wildman–Crippen LogP) is 0.787. The maximum atomic E-state index is 11.8. The first-order valence-electron chi connectivity index (χ1n) is 5.49. The third-order valence-corrected chi connectivity index (χ3v) is 2.66. The van der Waals surface area contributed by atoms with Gasteiger partial charge in [0.05, 0.1) is 6.42 Å². The number of amides is 1. The minimum atomic E-state index is -0.00509. The van der Waals surface area contributed by atoms with Crippen molar-refractivity contribution in [2.75, 3.05) is 20.1 Å². The molecule has 2 aromatic rings. The molecule has 0 aliphatic heterocycles. The van der Waals surface area contributed by atoms with Gasteiger partial charge in [0.15, 0.2) is 5.58 Å². The van der Waals surface area contributed by atoms with Crippen molar-refractivity contribution in [2.45, 2.75) is 6.42 Å². The Labute approximate surface area is 99.2 Å². The van der Waals surface area contributed by atoms with Gasteiger partial charge in [0.2, 0.25) is 5.91 Å². The molecule has 1 amide bonds. The fraction of sp³-hybridized carbons (Fsp3) is 0.333. The van der Waals surface area contributed by atoms with Crippen LogP contribution in [0.4, 0.5) is 0 Å². The molecule has 5 heteroatoms. The van der Waals surface area contributed by atoms with Crippen LogP contribution in [0.25, 0.3) is 11.0 Å². The number of carbonyl (C=O) groups is 1. The molecule has 0 fully saturated rings. The third kappa shape index (κ3) is 2.45. The van der Waals surface area contributed by atoms with Gasteiger partial charge in [0.1, 0.15) is 5.69 Å². The van der Waals surface area contributed by atoms with Crippen LogP contribution in [0.5, 0.6) is 0 Å². The summed E-state index contributed by atoms with van der Waals surface area (Å²) in [5, 5.41) is 4.81. The van der Waals surface area contributed by atoms with E-state index < -0.39 is 0 Å². The van der Waals surface area contributed by atoms with Crippen LogP contribution in [0.3, 0.4) is 0 Å². The van der Waals surface area contributed by atoms with Crippen molar-refractivity contribution in [3.8, 4) is 0 Å². The van der Waals surface area contributed by atoms with Gasteiger partial charge in [-0.3, -0.25) is 4.79 Å². The molecule has 0 unspecified atom stereocenters. The van der Waals surface area contributed by atoms with Crippen molar-refractivity contribution >= 4 is 16.9 Å². The van der Waals surface area contributed by atoms with Crippen molar-refractivity contribution in [1.29, 1.82) is 0 Å². The molecule has 0 atom stereocenters. The van der Waals surface area contributed by atoms with Gasteiger partial charge >= 0.3 is 0 Å². The number of hydrogen-bond acceptors (Lipinski definition) is 4. The molecule has 0 saturated carbocycles. The van der Waals surface area contributed by atoms with Gasteiger partial charge < -0.3 is 15.2 Å². The lowest BCUT2D eigenvalue weighted by Gasteiger charge is -2.14. The highest BCUT2D eigenvalue weighted by molar-refractivity contribution is 5.86. The first-order valence-corrected chi connectivity index (χ1v) is 5.49. The van der Waals surface area contributed by atoms with Gasteiger partial charge in [-0.15, -0.1) is 0 Å². The highest BCUT2D eigenvalue weighted by Gasteiger charge is 2.14. The van der Waals surface area contributed by atoms with Crippen LogP contribution < -0.4 is 5.73 Å². The Balaban J connectivity index is 2.16. The number of hydrogen-bond donors (Lipinski definition) is 1. The lowest BCUT2D eigenvalue weighted by Crippen LogP contribution is -2.32. The van der Waals surface area contributed by atoms with Crippen LogP contribution in [-0.4, -0.2) is 36.1 Å². The van der Waals surface area contributed by atoms with Crippen molar-refractivity contribution in [3.63, 3.8) is 0 Å². The molecule has 1 heterocycles. The van der Waals surface area contributed by atoms with E-state index in [1.54, 1.807) is 11.9 Å². The van der Waals surface area contributed by atoms with Gasteiger partial charge in [-0.2, -0.15) is 0 Å². The van der Waals surface area contributed by atoms with E-state index in [4.69, 9.17) is 10.3 Å². The summed E-state index contributed by atoms with van der Waals surface area (Å²) in [6.07, 6.45) is 0.244. The van der Waals surface area contributed by atoms with E-state index in [9.17, 15) is 4.79 Å². The Hall–Kier alpha value is -1.88. The Morgan fingerprint density at radius 3 is 3.00 bits per heavy atom.